The Hall–Kier alpha value is -3.78. The Morgan fingerprint density at radius 2 is 1.88 bits per heavy atom. The number of carbonyl (C=O) groups excluding carboxylic acids is 2. The normalized spacial score (nSPS) is 15.8. The lowest BCUT2D eigenvalue weighted by molar-refractivity contribution is -0.120. The second kappa shape index (κ2) is 8.05. The van der Waals surface area contributed by atoms with Crippen LogP contribution in [0.15, 0.2) is 71.8 Å². The minimum atomic E-state index is -0.343. The van der Waals surface area contributed by atoms with Gasteiger partial charge in [-0.15, -0.1) is 11.3 Å². The third kappa shape index (κ3) is 3.58. The van der Waals surface area contributed by atoms with Crippen molar-refractivity contribution in [1.82, 2.24) is 9.55 Å². The molecule has 1 unspecified atom stereocenters. The molecule has 1 N–H and O–H groups in total. The summed E-state index contributed by atoms with van der Waals surface area (Å²) in [6, 6.07) is 18.5. The zero-order valence-electron chi connectivity index (χ0n) is 17.3. The van der Waals surface area contributed by atoms with E-state index in [9.17, 15) is 14.4 Å². The Morgan fingerprint density at radius 1 is 1.12 bits per heavy atom. The lowest BCUT2D eigenvalue weighted by Gasteiger charge is -2.28. The van der Waals surface area contributed by atoms with E-state index in [0.29, 0.717) is 21.6 Å². The Balaban J connectivity index is 1.49. The molecule has 0 radical (unpaired) electrons. The van der Waals surface area contributed by atoms with Crippen LogP contribution in [-0.4, -0.2) is 27.4 Å². The van der Waals surface area contributed by atoms with Crippen molar-refractivity contribution in [3.63, 3.8) is 0 Å². The number of fused-ring (bicyclic) bond motifs is 2. The van der Waals surface area contributed by atoms with Gasteiger partial charge in [0.25, 0.3) is 5.56 Å². The van der Waals surface area contributed by atoms with Gasteiger partial charge in [0, 0.05) is 17.3 Å². The van der Waals surface area contributed by atoms with Gasteiger partial charge in [-0.1, -0.05) is 42.5 Å². The summed E-state index contributed by atoms with van der Waals surface area (Å²) in [5.41, 5.74) is 1.97. The lowest BCUT2D eigenvalue weighted by atomic mass is 10.1. The summed E-state index contributed by atoms with van der Waals surface area (Å²) in [6.07, 6.45) is 1.60. The number of amides is 2. The first-order chi connectivity index (χ1) is 15.5. The Morgan fingerprint density at radius 3 is 2.69 bits per heavy atom. The molecular weight excluding hydrogens is 424 g/mol. The number of hydrogen-bond acceptors (Lipinski definition) is 5. The van der Waals surface area contributed by atoms with E-state index in [1.165, 1.54) is 22.2 Å². The van der Waals surface area contributed by atoms with Crippen LogP contribution in [0.1, 0.15) is 13.3 Å². The van der Waals surface area contributed by atoms with Gasteiger partial charge in [0.1, 0.15) is 11.4 Å². The van der Waals surface area contributed by atoms with Crippen molar-refractivity contribution in [2.75, 3.05) is 10.2 Å². The highest BCUT2D eigenvalue weighted by Gasteiger charge is 2.29. The number of rotatable bonds is 3. The summed E-state index contributed by atoms with van der Waals surface area (Å²) in [5.74, 6) is -0.421. The molecule has 1 aliphatic heterocycles. The molecule has 8 heteroatoms. The molecule has 1 aliphatic rings. The molecule has 3 heterocycles. The summed E-state index contributed by atoms with van der Waals surface area (Å²) in [7, 11) is 0. The molecule has 0 spiro atoms. The number of anilines is 2. The molecule has 0 saturated carbocycles. The van der Waals surface area contributed by atoms with Crippen LogP contribution in [0.4, 0.5) is 11.4 Å². The van der Waals surface area contributed by atoms with Crippen LogP contribution >= 0.6 is 11.3 Å². The number of benzene rings is 2. The molecule has 1 atom stereocenters. The molecule has 5 rings (SSSR count). The number of hydrogen-bond donors (Lipinski definition) is 1. The van der Waals surface area contributed by atoms with Crippen LogP contribution < -0.4 is 15.8 Å². The van der Waals surface area contributed by atoms with Gasteiger partial charge in [-0.2, -0.15) is 0 Å². The standard InChI is InChI=1S/C24H20N4O3S/c1-15-11-21(29)26-18-9-5-6-10-19(18)28(15)22(30)13-27-14-25-23-17(24(27)31)12-20(32-23)16-7-3-2-4-8-16/h2-10,12,14-15H,11,13H2,1H3,(H,26,29). The largest absolute Gasteiger partial charge is 0.324 e. The van der Waals surface area contributed by atoms with E-state index in [1.54, 1.807) is 23.1 Å². The van der Waals surface area contributed by atoms with Gasteiger partial charge < -0.3 is 10.2 Å². The predicted octanol–water partition coefficient (Wildman–Crippen LogP) is 3.89. The molecule has 2 aromatic heterocycles. The van der Waals surface area contributed by atoms with Gasteiger partial charge in [-0.3, -0.25) is 19.0 Å². The minimum absolute atomic E-state index is 0.146. The van der Waals surface area contributed by atoms with E-state index in [-0.39, 0.29) is 36.4 Å². The molecule has 4 aromatic rings. The molecule has 0 bridgehead atoms. The summed E-state index contributed by atoms with van der Waals surface area (Å²) in [4.78, 5) is 46.2. The van der Waals surface area contributed by atoms with Crippen LogP contribution in [0.2, 0.25) is 0 Å². The van der Waals surface area contributed by atoms with Crippen molar-refractivity contribution in [2.24, 2.45) is 0 Å². The van der Waals surface area contributed by atoms with Crippen molar-refractivity contribution in [1.29, 1.82) is 0 Å². The van der Waals surface area contributed by atoms with Crippen LogP contribution in [0, 0.1) is 0 Å². The fourth-order valence-electron chi connectivity index (χ4n) is 4.01. The number of nitrogens with zero attached hydrogens (tertiary/aromatic N) is 3. The third-order valence-electron chi connectivity index (χ3n) is 5.51. The van der Waals surface area contributed by atoms with Crippen LogP contribution in [0.25, 0.3) is 20.7 Å². The monoisotopic (exact) mass is 444 g/mol. The summed E-state index contributed by atoms with van der Waals surface area (Å²) < 4.78 is 1.33. The smallest absolute Gasteiger partial charge is 0.262 e. The maximum Gasteiger partial charge on any atom is 0.262 e. The van der Waals surface area contributed by atoms with E-state index in [0.717, 1.165) is 10.4 Å². The molecule has 2 amide bonds. The fourth-order valence-corrected chi connectivity index (χ4v) is 5.00. The van der Waals surface area contributed by atoms with Crippen molar-refractivity contribution < 1.29 is 9.59 Å². The summed E-state index contributed by atoms with van der Waals surface area (Å²) >= 11 is 1.45. The number of nitrogens with one attached hydrogen (secondary N) is 1. The van der Waals surface area contributed by atoms with Gasteiger partial charge in [-0.05, 0) is 30.7 Å². The first kappa shape index (κ1) is 20.1. The average Bonchev–Trinajstić information content (AvgIpc) is 3.17. The van der Waals surface area contributed by atoms with Crippen LogP contribution in [-0.2, 0) is 16.1 Å². The highest BCUT2D eigenvalue weighted by atomic mass is 32.1. The zero-order valence-corrected chi connectivity index (χ0v) is 18.1. The van der Waals surface area contributed by atoms with Gasteiger partial charge in [0.05, 0.1) is 23.1 Å². The molecule has 0 saturated heterocycles. The highest BCUT2D eigenvalue weighted by molar-refractivity contribution is 7.21. The van der Waals surface area contributed by atoms with E-state index in [4.69, 9.17) is 0 Å². The fraction of sp³-hybridized carbons (Fsp3) is 0.167. The molecule has 0 aliphatic carbocycles. The van der Waals surface area contributed by atoms with Crippen molar-refractivity contribution in [3.8, 4) is 10.4 Å². The number of carbonyl (C=O) groups is 2. The second-order valence-corrected chi connectivity index (χ2v) is 8.79. The molecular formula is C24H20N4O3S. The first-order valence-electron chi connectivity index (χ1n) is 10.3. The molecule has 32 heavy (non-hydrogen) atoms. The SMILES string of the molecule is CC1CC(=O)Nc2ccccc2N1C(=O)Cn1cnc2sc(-c3ccccc3)cc2c1=O. The molecule has 7 nitrogen and oxygen atoms in total. The van der Waals surface area contributed by atoms with Crippen LogP contribution in [0.3, 0.4) is 0 Å². The first-order valence-corrected chi connectivity index (χ1v) is 11.1. The Kier molecular flexibility index (Phi) is 5.07. The van der Waals surface area contributed by atoms with E-state index in [2.05, 4.69) is 10.3 Å². The number of thiophene rings is 1. The maximum atomic E-state index is 13.3. The Labute approximate surface area is 187 Å². The zero-order chi connectivity index (χ0) is 22.2. The van der Waals surface area contributed by atoms with Gasteiger partial charge in [-0.25, -0.2) is 4.98 Å². The van der Waals surface area contributed by atoms with Gasteiger partial charge in [0.15, 0.2) is 0 Å². The van der Waals surface area contributed by atoms with E-state index in [1.807, 2.05) is 49.4 Å². The van der Waals surface area contributed by atoms with Crippen molar-refractivity contribution in [2.45, 2.75) is 25.9 Å². The van der Waals surface area contributed by atoms with E-state index < -0.39 is 0 Å². The minimum Gasteiger partial charge on any atom is -0.324 e. The number of para-hydroxylation sites is 2. The summed E-state index contributed by atoms with van der Waals surface area (Å²) in [6.45, 7) is 1.67. The lowest BCUT2D eigenvalue weighted by Crippen LogP contribution is -2.42. The van der Waals surface area contributed by atoms with Crippen molar-refractivity contribution >= 4 is 44.7 Å². The Bertz CT molecular complexity index is 1390. The third-order valence-corrected chi connectivity index (χ3v) is 6.60. The molecule has 160 valence electrons. The average molecular weight is 445 g/mol. The van der Waals surface area contributed by atoms with Crippen molar-refractivity contribution in [3.05, 3.63) is 77.3 Å². The molecule has 0 fully saturated rings. The number of aromatic nitrogens is 2. The molecule has 2 aromatic carbocycles. The highest BCUT2D eigenvalue weighted by Crippen LogP contribution is 2.32. The quantitative estimate of drug-likeness (QED) is 0.520. The predicted molar refractivity (Wildman–Crippen MR) is 126 cm³/mol. The van der Waals surface area contributed by atoms with E-state index >= 15 is 0 Å². The van der Waals surface area contributed by atoms with Gasteiger partial charge in [0.2, 0.25) is 11.8 Å². The topological polar surface area (TPSA) is 84.3 Å². The van der Waals surface area contributed by atoms with Gasteiger partial charge >= 0.3 is 0 Å². The second-order valence-electron chi connectivity index (χ2n) is 7.76. The van der Waals surface area contributed by atoms with Crippen LogP contribution in [0.5, 0.6) is 0 Å². The summed E-state index contributed by atoms with van der Waals surface area (Å²) in [5, 5.41) is 3.33. The maximum absolute atomic E-state index is 13.3.